The van der Waals surface area contributed by atoms with Crippen LogP contribution in [0.2, 0.25) is 5.02 Å². The van der Waals surface area contributed by atoms with Crippen molar-refractivity contribution in [2.75, 3.05) is 7.05 Å². The molecule has 24 heavy (non-hydrogen) atoms. The van der Waals surface area contributed by atoms with Gasteiger partial charge in [0.25, 0.3) is 0 Å². The molecule has 122 valence electrons. The lowest BCUT2D eigenvalue weighted by Gasteiger charge is -2.32. The van der Waals surface area contributed by atoms with E-state index in [1.807, 2.05) is 24.4 Å². The zero-order valence-electron chi connectivity index (χ0n) is 13.2. The molecule has 2 heterocycles. The van der Waals surface area contributed by atoms with Gasteiger partial charge in [-0.1, -0.05) is 11.6 Å². The van der Waals surface area contributed by atoms with Crippen molar-refractivity contribution >= 4 is 34.8 Å². The molecule has 1 aliphatic rings. The summed E-state index contributed by atoms with van der Waals surface area (Å²) >= 11 is 7.59. The van der Waals surface area contributed by atoms with Crippen molar-refractivity contribution in [2.45, 2.75) is 18.9 Å². The Morgan fingerprint density at radius 1 is 1.38 bits per heavy atom. The van der Waals surface area contributed by atoms with Crippen LogP contribution in [0.25, 0.3) is 11.1 Å². The second-order valence-electron chi connectivity index (χ2n) is 5.91. The number of carbonyl (C=O) groups excluding carboxylic acids is 1. The van der Waals surface area contributed by atoms with E-state index in [1.54, 1.807) is 19.2 Å². The van der Waals surface area contributed by atoms with Crippen LogP contribution in [0, 0.1) is 11.3 Å². The summed E-state index contributed by atoms with van der Waals surface area (Å²) in [6, 6.07) is 9.31. The van der Waals surface area contributed by atoms with Crippen LogP contribution in [0.1, 0.15) is 23.8 Å². The van der Waals surface area contributed by atoms with Crippen LogP contribution in [0.3, 0.4) is 0 Å². The molecule has 0 spiro atoms. The summed E-state index contributed by atoms with van der Waals surface area (Å²) in [5, 5.41) is 11.6. The van der Waals surface area contributed by atoms with Crippen molar-refractivity contribution < 1.29 is 4.79 Å². The van der Waals surface area contributed by atoms with Crippen LogP contribution < -0.4 is 5.73 Å². The van der Waals surface area contributed by atoms with Crippen molar-refractivity contribution in [1.29, 1.82) is 5.26 Å². The molecule has 2 N–H and O–H groups in total. The first kappa shape index (κ1) is 16.5. The second kappa shape index (κ2) is 5.93. The SMILES string of the molecule is CN1C(=O)CC(C)(c2cc(-c3cc(Cl)cc(C#N)c3)cs2)N=C1N. The van der Waals surface area contributed by atoms with Gasteiger partial charge in [-0.05, 0) is 47.7 Å². The van der Waals surface area contributed by atoms with Crippen molar-refractivity contribution in [3.05, 3.63) is 45.1 Å². The molecule has 1 aliphatic heterocycles. The molecule has 0 radical (unpaired) electrons. The Morgan fingerprint density at radius 3 is 2.79 bits per heavy atom. The van der Waals surface area contributed by atoms with Crippen LogP contribution in [-0.4, -0.2) is 23.8 Å². The topological polar surface area (TPSA) is 82.5 Å². The summed E-state index contributed by atoms with van der Waals surface area (Å²) in [5.41, 5.74) is 7.50. The average Bonchev–Trinajstić information content (AvgIpc) is 3.03. The standard InChI is InChI=1S/C17H15ClN4OS/c1-17(7-15(23)22(2)16(20)21-17)14-6-12(9-24-14)11-3-10(8-19)4-13(18)5-11/h3-6,9H,7H2,1-2H3,(H2,20,21). The first-order valence-electron chi connectivity index (χ1n) is 7.24. The second-order valence-corrected chi connectivity index (χ2v) is 7.26. The highest BCUT2D eigenvalue weighted by Gasteiger charge is 2.37. The molecular formula is C17H15ClN4OS. The quantitative estimate of drug-likeness (QED) is 0.893. The Hall–Kier alpha value is -2.36. The van der Waals surface area contributed by atoms with E-state index in [0.29, 0.717) is 10.6 Å². The molecular weight excluding hydrogens is 344 g/mol. The first-order chi connectivity index (χ1) is 11.3. The van der Waals surface area contributed by atoms with Crippen LogP contribution in [0.4, 0.5) is 0 Å². The van der Waals surface area contributed by atoms with Crippen molar-refractivity contribution in [3.8, 4) is 17.2 Å². The van der Waals surface area contributed by atoms with Gasteiger partial charge in [0.2, 0.25) is 5.91 Å². The van der Waals surface area contributed by atoms with Crippen LogP contribution in [0.5, 0.6) is 0 Å². The fourth-order valence-corrected chi connectivity index (χ4v) is 3.90. The van der Waals surface area contributed by atoms with Gasteiger partial charge in [-0.25, -0.2) is 4.99 Å². The maximum absolute atomic E-state index is 12.1. The number of halogens is 1. The molecule has 0 bridgehead atoms. The molecule has 0 saturated heterocycles. The van der Waals surface area contributed by atoms with E-state index in [1.165, 1.54) is 16.2 Å². The number of nitrogens with two attached hydrogens (primary N) is 1. The zero-order valence-corrected chi connectivity index (χ0v) is 14.8. The monoisotopic (exact) mass is 358 g/mol. The van der Waals surface area contributed by atoms with Gasteiger partial charge in [-0.3, -0.25) is 9.69 Å². The Bertz CT molecular complexity index is 898. The highest BCUT2D eigenvalue weighted by Crippen LogP contribution is 2.39. The lowest BCUT2D eigenvalue weighted by molar-refractivity contribution is -0.128. The summed E-state index contributed by atoms with van der Waals surface area (Å²) in [5.74, 6) is 0.160. The number of guanidine groups is 1. The summed E-state index contributed by atoms with van der Waals surface area (Å²) in [6.07, 6.45) is 0.267. The van der Waals surface area contributed by atoms with Crippen LogP contribution in [0.15, 0.2) is 34.6 Å². The zero-order chi connectivity index (χ0) is 17.5. The number of carbonyl (C=O) groups is 1. The minimum atomic E-state index is -0.673. The molecule has 1 aromatic heterocycles. The van der Waals surface area contributed by atoms with Gasteiger partial charge >= 0.3 is 0 Å². The number of benzene rings is 1. The third-order valence-electron chi connectivity index (χ3n) is 4.07. The molecule has 1 amide bonds. The van der Waals surface area contributed by atoms with Crippen molar-refractivity contribution in [2.24, 2.45) is 10.7 Å². The third kappa shape index (κ3) is 2.88. The lowest BCUT2D eigenvalue weighted by atomic mass is 9.93. The van der Waals surface area contributed by atoms with Crippen LogP contribution >= 0.6 is 22.9 Å². The highest BCUT2D eigenvalue weighted by atomic mass is 35.5. The maximum atomic E-state index is 12.1. The maximum Gasteiger partial charge on any atom is 0.231 e. The number of hydrogen-bond acceptors (Lipinski definition) is 5. The summed E-state index contributed by atoms with van der Waals surface area (Å²) in [4.78, 5) is 18.9. The van der Waals surface area contributed by atoms with Gasteiger partial charge in [0.15, 0.2) is 5.96 Å². The number of nitriles is 1. The van der Waals surface area contributed by atoms with Gasteiger partial charge in [0, 0.05) is 16.9 Å². The van der Waals surface area contributed by atoms with Gasteiger partial charge in [0.1, 0.15) is 5.54 Å². The molecule has 5 nitrogen and oxygen atoms in total. The molecule has 2 aromatic rings. The minimum Gasteiger partial charge on any atom is -0.369 e. The predicted octanol–water partition coefficient (Wildman–Crippen LogP) is 3.33. The highest BCUT2D eigenvalue weighted by molar-refractivity contribution is 7.10. The Labute approximate surface area is 149 Å². The fraction of sp³-hybridized carbons (Fsp3) is 0.235. The Balaban J connectivity index is 2.01. The van der Waals surface area contributed by atoms with E-state index in [2.05, 4.69) is 11.1 Å². The molecule has 7 heteroatoms. The van der Waals surface area contributed by atoms with Gasteiger partial charge in [-0.2, -0.15) is 5.26 Å². The van der Waals surface area contributed by atoms with Gasteiger partial charge < -0.3 is 5.73 Å². The molecule has 1 unspecified atom stereocenters. The number of nitrogens with zero attached hydrogens (tertiary/aromatic N) is 3. The lowest BCUT2D eigenvalue weighted by Crippen LogP contribution is -2.47. The van der Waals surface area contributed by atoms with E-state index in [0.717, 1.165) is 16.0 Å². The normalized spacial score (nSPS) is 20.7. The molecule has 0 aliphatic carbocycles. The number of hydrogen-bond donors (Lipinski definition) is 1. The van der Waals surface area contributed by atoms with Crippen molar-refractivity contribution in [1.82, 2.24) is 4.90 Å². The molecule has 0 fully saturated rings. The summed E-state index contributed by atoms with van der Waals surface area (Å²) in [6.45, 7) is 1.90. The Kier molecular flexibility index (Phi) is 4.08. The first-order valence-corrected chi connectivity index (χ1v) is 8.50. The fourth-order valence-electron chi connectivity index (χ4n) is 2.64. The summed E-state index contributed by atoms with van der Waals surface area (Å²) in [7, 11) is 1.62. The minimum absolute atomic E-state index is 0.0607. The summed E-state index contributed by atoms with van der Waals surface area (Å²) < 4.78 is 0. The Morgan fingerprint density at radius 2 is 2.12 bits per heavy atom. The van der Waals surface area contributed by atoms with Crippen LogP contribution in [-0.2, 0) is 10.3 Å². The molecule has 1 aromatic carbocycles. The number of thiophene rings is 1. The molecule has 3 rings (SSSR count). The number of rotatable bonds is 2. The van der Waals surface area contributed by atoms with Gasteiger partial charge in [0.05, 0.1) is 18.1 Å². The smallest absolute Gasteiger partial charge is 0.231 e. The third-order valence-corrected chi connectivity index (χ3v) is 5.47. The average molecular weight is 359 g/mol. The van der Waals surface area contributed by atoms with E-state index in [9.17, 15) is 4.79 Å². The number of aliphatic imine (C=N–C) groups is 1. The molecule has 1 atom stereocenters. The van der Waals surface area contributed by atoms with E-state index >= 15 is 0 Å². The molecule has 0 saturated carbocycles. The largest absolute Gasteiger partial charge is 0.369 e. The van der Waals surface area contributed by atoms with E-state index in [4.69, 9.17) is 22.6 Å². The van der Waals surface area contributed by atoms with E-state index < -0.39 is 5.54 Å². The number of amides is 1. The van der Waals surface area contributed by atoms with Crippen molar-refractivity contribution in [3.63, 3.8) is 0 Å². The predicted molar refractivity (Wildman–Crippen MR) is 95.8 cm³/mol. The van der Waals surface area contributed by atoms with E-state index in [-0.39, 0.29) is 18.3 Å². The van der Waals surface area contributed by atoms with Gasteiger partial charge in [-0.15, -0.1) is 11.3 Å².